The molecule has 0 bridgehead atoms. The van der Waals surface area contributed by atoms with Gasteiger partial charge in [-0.15, -0.1) is 17.5 Å². The van der Waals surface area contributed by atoms with E-state index in [2.05, 4.69) is 16.1 Å². The molecule has 126 valence electrons. The van der Waals surface area contributed by atoms with Gasteiger partial charge in [0.25, 0.3) is 0 Å². The summed E-state index contributed by atoms with van der Waals surface area (Å²) in [5.41, 5.74) is 8.27. The molecule has 3 N–H and O–H groups in total. The van der Waals surface area contributed by atoms with Crippen molar-refractivity contribution in [2.24, 2.45) is 5.73 Å². The molecule has 4 rings (SSSR count). The van der Waals surface area contributed by atoms with Crippen molar-refractivity contribution in [3.05, 3.63) is 64.6 Å². The molecule has 0 saturated heterocycles. The third kappa shape index (κ3) is 2.93. The van der Waals surface area contributed by atoms with Crippen molar-refractivity contribution >= 4 is 18.1 Å². The fourth-order valence-electron chi connectivity index (χ4n) is 2.59. The first kappa shape index (κ1) is 17.8. The van der Waals surface area contributed by atoms with Crippen LogP contribution in [-0.2, 0) is 6.67 Å². The molecule has 0 unspecified atom stereocenters. The molecule has 1 aliphatic heterocycles. The second-order valence-electron chi connectivity index (χ2n) is 5.16. The summed E-state index contributed by atoms with van der Waals surface area (Å²) in [7, 11) is 1.50. The predicted octanol–water partition coefficient (Wildman–Crippen LogP) is 2.39. The molecule has 6 nitrogen and oxygen atoms in total. The number of halogens is 1. The van der Waals surface area contributed by atoms with E-state index >= 15 is 0 Å². The van der Waals surface area contributed by atoms with Crippen molar-refractivity contribution in [2.75, 3.05) is 12.4 Å². The molecule has 7 heteroatoms. The van der Waals surface area contributed by atoms with Gasteiger partial charge in [0.2, 0.25) is 0 Å². The largest absolute Gasteiger partial charge is 0.367 e. The lowest BCUT2D eigenvalue weighted by atomic mass is 10.1. The first-order valence-corrected chi connectivity index (χ1v) is 7.42. The molecule has 1 aromatic heterocycles. The molecule has 24 heavy (non-hydrogen) atoms. The first-order chi connectivity index (χ1) is 11.2. The number of benzene rings is 2. The summed E-state index contributed by atoms with van der Waals surface area (Å²) >= 11 is 0. The number of nitrogens with zero attached hydrogens (tertiary/aromatic N) is 3. The smallest absolute Gasteiger partial charge is 0.352 e. The number of hydrogen-bond acceptors (Lipinski definition) is 4. The molecule has 0 saturated carbocycles. The molecule has 2 heterocycles. The molecule has 0 atom stereocenters. The third-order valence-electron chi connectivity index (χ3n) is 3.74. The summed E-state index contributed by atoms with van der Waals surface area (Å²) in [5.74, 6) is 0.704. The van der Waals surface area contributed by atoms with Gasteiger partial charge in [0.15, 0.2) is 5.82 Å². The highest BCUT2D eigenvalue weighted by Crippen LogP contribution is 2.29. The third-order valence-corrected chi connectivity index (χ3v) is 3.74. The fraction of sp³-hybridized carbons (Fsp3) is 0.176. The molecule has 0 radical (unpaired) electrons. The monoisotopic (exact) mass is 345 g/mol. The fourth-order valence-corrected chi connectivity index (χ4v) is 2.59. The number of aromatic nitrogens is 3. The van der Waals surface area contributed by atoms with Gasteiger partial charge in [0.05, 0.1) is 12.4 Å². The van der Waals surface area contributed by atoms with E-state index in [1.165, 1.54) is 11.7 Å². The Morgan fingerprint density at radius 2 is 1.75 bits per heavy atom. The molecular formula is C17H20ClN5O. The van der Waals surface area contributed by atoms with Crippen LogP contribution in [-0.4, -0.2) is 21.4 Å². The highest BCUT2D eigenvalue weighted by molar-refractivity contribution is 5.85. The average Bonchev–Trinajstić information content (AvgIpc) is 2.95. The maximum atomic E-state index is 12.5. The SMILES string of the molecule is CN.Cc1ccc(-n2nc3n(c2=O)CNc2ccccc2-3)cc1.Cl. The van der Waals surface area contributed by atoms with Crippen molar-refractivity contribution in [3.8, 4) is 17.1 Å². The van der Waals surface area contributed by atoms with Gasteiger partial charge >= 0.3 is 5.69 Å². The van der Waals surface area contributed by atoms with Crippen LogP contribution in [0.5, 0.6) is 0 Å². The lowest BCUT2D eigenvalue weighted by Crippen LogP contribution is -2.28. The molecule has 1 aliphatic rings. The number of nitrogens with two attached hydrogens (primary N) is 1. The van der Waals surface area contributed by atoms with Crippen molar-refractivity contribution < 1.29 is 0 Å². The molecule has 0 fully saturated rings. The molecule has 0 aliphatic carbocycles. The van der Waals surface area contributed by atoms with Gasteiger partial charge in [-0.3, -0.25) is 4.57 Å². The van der Waals surface area contributed by atoms with Crippen molar-refractivity contribution in [1.82, 2.24) is 14.3 Å². The Labute approximate surface area is 146 Å². The van der Waals surface area contributed by atoms with E-state index in [0.717, 1.165) is 22.5 Å². The average molecular weight is 346 g/mol. The van der Waals surface area contributed by atoms with Gasteiger partial charge in [-0.2, -0.15) is 4.68 Å². The molecule has 2 aromatic carbocycles. The number of aryl methyl sites for hydroxylation is 1. The molecule has 3 aromatic rings. The Hall–Kier alpha value is -2.57. The van der Waals surface area contributed by atoms with Gasteiger partial charge in [-0.05, 0) is 38.2 Å². The number of anilines is 1. The van der Waals surface area contributed by atoms with Gasteiger partial charge < -0.3 is 11.1 Å². The normalized spacial score (nSPS) is 11.1. The zero-order valence-corrected chi connectivity index (χ0v) is 14.4. The van der Waals surface area contributed by atoms with Gasteiger partial charge in [-0.1, -0.05) is 29.8 Å². The quantitative estimate of drug-likeness (QED) is 0.710. The topological polar surface area (TPSA) is 77.9 Å². The van der Waals surface area contributed by atoms with Crippen molar-refractivity contribution in [3.63, 3.8) is 0 Å². The van der Waals surface area contributed by atoms with E-state index in [-0.39, 0.29) is 18.1 Å². The minimum Gasteiger partial charge on any atom is -0.367 e. The van der Waals surface area contributed by atoms with E-state index in [0.29, 0.717) is 12.5 Å². The van der Waals surface area contributed by atoms with Gasteiger partial charge in [-0.25, -0.2) is 4.79 Å². The Balaban J connectivity index is 0.000000670. The summed E-state index contributed by atoms with van der Waals surface area (Å²) in [6.45, 7) is 2.46. The minimum absolute atomic E-state index is 0. The molecule has 0 spiro atoms. The van der Waals surface area contributed by atoms with Crippen LogP contribution in [0, 0.1) is 6.92 Å². The lowest BCUT2D eigenvalue weighted by molar-refractivity contribution is 0.719. The Morgan fingerprint density at radius 1 is 1.08 bits per heavy atom. The van der Waals surface area contributed by atoms with Crippen LogP contribution in [0.15, 0.2) is 53.3 Å². The van der Waals surface area contributed by atoms with Gasteiger partial charge in [0.1, 0.15) is 0 Å². The van der Waals surface area contributed by atoms with Crippen LogP contribution in [0.25, 0.3) is 17.1 Å². The van der Waals surface area contributed by atoms with Crippen LogP contribution in [0.2, 0.25) is 0 Å². The van der Waals surface area contributed by atoms with Gasteiger partial charge in [0, 0.05) is 11.3 Å². The first-order valence-electron chi connectivity index (χ1n) is 7.42. The van der Waals surface area contributed by atoms with E-state index < -0.39 is 0 Å². The molecule has 0 amide bonds. The van der Waals surface area contributed by atoms with Crippen LogP contribution in [0.3, 0.4) is 0 Å². The van der Waals surface area contributed by atoms with E-state index in [1.807, 2.05) is 55.5 Å². The van der Waals surface area contributed by atoms with E-state index in [4.69, 9.17) is 0 Å². The minimum atomic E-state index is -0.129. The Kier molecular flexibility index (Phi) is 5.43. The second-order valence-corrected chi connectivity index (χ2v) is 5.16. The van der Waals surface area contributed by atoms with E-state index in [1.54, 1.807) is 4.57 Å². The maximum absolute atomic E-state index is 12.5. The number of hydrogen-bond donors (Lipinski definition) is 2. The standard InChI is InChI=1S/C16H14N4O.CH5N.ClH/c1-11-6-8-12(9-7-11)20-16(21)19-10-17-14-5-3-2-4-13(14)15(19)18-20;1-2;/h2-9,17H,10H2,1H3;2H2,1H3;1H. The van der Waals surface area contributed by atoms with Crippen LogP contribution >= 0.6 is 12.4 Å². The summed E-state index contributed by atoms with van der Waals surface area (Å²) in [6.07, 6.45) is 0. The zero-order chi connectivity index (χ0) is 16.4. The number of nitrogens with one attached hydrogen (secondary N) is 1. The summed E-state index contributed by atoms with van der Waals surface area (Å²) in [5, 5.41) is 7.76. The summed E-state index contributed by atoms with van der Waals surface area (Å²) in [6, 6.07) is 15.7. The maximum Gasteiger partial charge on any atom is 0.352 e. The van der Waals surface area contributed by atoms with Crippen LogP contribution in [0.1, 0.15) is 5.56 Å². The summed E-state index contributed by atoms with van der Waals surface area (Å²) < 4.78 is 3.11. The second kappa shape index (κ2) is 7.33. The van der Waals surface area contributed by atoms with Crippen LogP contribution < -0.4 is 16.7 Å². The number of fused-ring (bicyclic) bond motifs is 3. The van der Waals surface area contributed by atoms with E-state index in [9.17, 15) is 4.79 Å². The Bertz CT molecular complexity index is 883. The highest BCUT2D eigenvalue weighted by atomic mass is 35.5. The summed E-state index contributed by atoms with van der Waals surface area (Å²) in [4.78, 5) is 12.5. The number of rotatable bonds is 1. The molecular weight excluding hydrogens is 326 g/mol. The highest BCUT2D eigenvalue weighted by Gasteiger charge is 2.21. The lowest BCUT2D eigenvalue weighted by Gasteiger charge is -2.17. The zero-order valence-electron chi connectivity index (χ0n) is 13.6. The van der Waals surface area contributed by atoms with Crippen molar-refractivity contribution in [2.45, 2.75) is 13.6 Å². The van der Waals surface area contributed by atoms with Crippen molar-refractivity contribution in [1.29, 1.82) is 0 Å². The van der Waals surface area contributed by atoms with Crippen LogP contribution in [0.4, 0.5) is 5.69 Å². The number of para-hydroxylation sites is 1. The predicted molar refractivity (Wildman–Crippen MR) is 99.0 cm³/mol. The Morgan fingerprint density at radius 3 is 2.46 bits per heavy atom.